The Labute approximate surface area is 221 Å². The second-order valence-corrected chi connectivity index (χ2v) is 11.9. The molecule has 5 rings (SSSR count). The Hall–Kier alpha value is -3.50. The highest BCUT2D eigenvalue weighted by Crippen LogP contribution is 2.38. The second-order valence-electron chi connectivity index (χ2n) is 8.00. The van der Waals surface area contributed by atoms with Crippen LogP contribution < -0.4 is 4.72 Å². The Morgan fingerprint density at radius 1 is 1.00 bits per heavy atom. The lowest BCUT2D eigenvalue weighted by Gasteiger charge is -2.12. The molecular formula is C23H16F2N5O5S3-. The highest BCUT2D eigenvalue weighted by molar-refractivity contribution is 7.91. The van der Waals surface area contributed by atoms with Gasteiger partial charge in [0.1, 0.15) is 5.01 Å². The van der Waals surface area contributed by atoms with Crippen molar-refractivity contribution in [2.24, 2.45) is 0 Å². The molecule has 0 bridgehead atoms. The van der Waals surface area contributed by atoms with Gasteiger partial charge in [-0.05, 0) is 28.8 Å². The predicted molar refractivity (Wildman–Crippen MR) is 134 cm³/mol. The number of benzene rings is 2. The van der Waals surface area contributed by atoms with E-state index in [4.69, 9.17) is 4.42 Å². The molecule has 3 heterocycles. The van der Waals surface area contributed by atoms with Crippen LogP contribution in [0.2, 0.25) is 0 Å². The zero-order chi connectivity index (χ0) is 26.9. The molecule has 0 amide bonds. The van der Waals surface area contributed by atoms with E-state index >= 15 is 0 Å². The third-order valence-electron chi connectivity index (χ3n) is 5.34. The summed E-state index contributed by atoms with van der Waals surface area (Å²) in [6, 6.07) is 15.5. The van der Waals surface area contributed by atoms with Gasteiger partial charge in [-0.15, -0.1) is 21.5 Å². The maximum absolute atomic E-state index is 13.7. The van der Waals surface area contributed by atoms with E-state index in [1.807, 2.05) is 0 Å². The van der Waals surface area contributed by atoms with Crippen LogP contribution in [-0.4, -0.2) is 37.3 Å². The summed E-state index contributed by atoms with van der Waals surface area (Å²) in [5, 5.41) is 6.32. The summed E-state index contributed by atoms with van der Waals surface area (Å²) < 4.78 is 84.4. The zero-order valence-electron chi connectivity index (χ0n) is 19.1. The number of sulfone groups is 1. The summed E-state index contributed by atoms with van der Waals surface area (Å²) >= 11 is -1.54. The van der Waals surface area contributed by atoms with E-state index in [-0.39, 0.29) is 34.7 Å². The molecular weight excluding hydrogens is 560 g/mol. The van der Waals surface area contributed by atoms with Crippen LogP contribution in [-0.2, 0) is 33.4 Å². The first-order chi connectivity index (χ1) is 18.2. The molecule has 0 aliphatic heterocycles. The summed E-state index contributed by atoms with van der Waals surface area (Å²) in [6.07, 6.45) is 0. The summed E-state index contributed by atoms with van der Waals surface area (Å²) in [4.78, 5) is 7.58. The number of thiazole rings is 1. The highest BCUT2D eigenvalue weighted by Gasteiger charge is 2.37. The summed E-state index contributed by atoms with van der Waals surface area (Å²) in [7, 11) is -4.02. The van der Waals surface area contributed by atoms with Gasteiger partial charge >= 0.3 is 0 Å². The van der Waals surface area contributed by atoms with Crippen molar-refractivity contribution in [1.29, 1.82) is 0 Å². The number of nitrogens with zero attached hydrogens (tertiary/aromatic N) is 4. The van der Waals surface area contributed by atoms with Crippen LogP contribution in [0.4, 0.5) is 8.78 Å². The van der Waals surface area contributed by atoms with Gasteiger partial charge in [-0.3, -0.25) is 4.21 Å². The summed E-state index contributed by atoms with van der Waals surface area (Å²) in [5.41, 5.74) is 1.72. The molecule has 0 aliphatic carbocycles. The van der Waals surface area contributed by atoms with Crippen LogP contribution in [0.25, 0.3) is 21.3 Å². The topological polar surface area (TPSA) is 151 Å². The van der Waals surface area contributed by atoms with Crippen LogP contribution >= 0.6 is 11.3 Å². The van der Waals surface area contributed by atoms with Crippen molar-refractivity contribution in [2.75, 3.05) is 0 Å². The number of rotatable bonds is 9. The van der Waals surface area contributed by atoms with E-state index in [0.717, 1.165) is 23.5 Å². The van der Waals surface area contributed by atoms with E-state index in [1.54, 1.807) is 48.5 Å². The smallest absolute Gasteiger partial charge is 0.241 e. The number of hydrogen-bond donors (Lipinski definition) is 1. The second kappa shape index (κ2) is 10.7. The molecule has 2 aromatic carbocycles. The molecule has 0 fully saturated rings. The first-order valence-corrected chi connectivity index (χ1v) is 14.4. The van der Waals surface area contributed by atoms with E-state index in [9.17, 15) is 26.0 Å². The van der Waals surface area contributed by atoms with Gasteiger partial charge in [0, 0.05) is 23.4 Å². The summed E-state index contributed by atoms with van der Waals surface area (Å²) in [5.74, 6) is -2.70. The van der Waals surface area contributed by atoms with Crippen LogP contribution in [0.1, 0.15) is 27.6 Å². The molecule has 0 aliphatic rings. The molecule has 15 heteroatoms. The molecule has 0 spiro atoms. The van der Waals surface area contributed by atoms with Crippen molar-refractivity contribution in [2.45, 2.75) is 17.5 Å². The van der Waals surface area contributed by atoms with Gasteiger partial charge in [0.15, 0.2) is 15.1 Å². The maximum atomic E-state index is 13.7. The van der Waals surface area contributed by atoms with E-state index in [0.29, 0.717) is 21.3 Å². The van der Waals surface area contributed by atoms with Crippen LogP contribution in [0.3, 0.4) is 0 Å². The minimum absolute atomic E-state index is 0.130. The van der Waals surface area contributed by atoms with Gasteiger partial charge in [0.25, 0.3) is 0 Å². The number of halogens is 2. The fraction of sp³-hybridized carbons (Fsp3) is 0.130. The third-order valence-corrected chi connectivity index (χ3v) is 8.83. The van der Waals surface area contributed by atoms with E-state index < -0.39 is 38.2 Å². The van der Waals surface area contributed by atoms with Crippen molar-refractivity contribution in [3.05, 3.63) is 94.9 Å². The van der Waals surface area contributed by atoms with Crippen molar-refractivity contribution in [1.82, 2.24) is 24.9 Å². The lowest BCUT2D eigenvalue weighted by molar-refractivity contribution is 0.440. The van der Waals surface area contributed by atoms with Gasteiger partial charge in [-0.25, -0.2) is 18.1 Å². The Morgan fingerprint density at radius 3 is 2.45 bits per heavy atom. The average molecular weight is 577 g/mol. The minimum atomic E-state index is -4.02. The Balaban J connectivity index is 1.57. The van der Waals surface area contributed by atoms with Crippen molar-refractivity contribution < 1.29 is 30.4 Å². The van der Waals surface area contributed by atoms with Crippen LogP contribution in [0.5, 0.6) is 0 Å². The first kappa shape index (κ1) is 26.1. The molecule has 1 N–H and O–H groups in total. The molecule has 196 valence electrons. The zero-order valence-corrected chi connectivity index (χ0v) is 21.5. The Kier molecular flexibility index (Phi) is 7.36. The number of pyridine rings is 1. The lowest BCUT2D eigenvalue weighted by atomic mass is 10.1. The normalized spacial score (nSPS) is 13.6. The fourth-order valence-electron chi connectivity index (χ4n) is 3.73. The summed E-state index contributed by atoms with van der Waals surface area (Å²) in [6.45, 7) is -0.323. The van der Waals surface area contributed by atoms with Gasteiger partial charge in [-0.2, -0.15) is 13.8 Å². The number of fused-ring (bicyclic) bond motifs is 1. The standard InChI is InChI=1S/C23H17F2N5O5S3/c24-18-9-15(10-19(25)28-18)14-6-7-16-17(8-14)36-23(27-16)21(22-30-29-20(35-22)11-26-37(31)32)38(33,34)12-13-4-2-1-3-5-13/h1-10,21,26H,11-12H2,(H,31,32)/p-1. The maximum Gasteiger partial charge on any atom is 0.241 e. The van der Waals surface area contributed by atoms with E-state index in [1.165, 1.54) is 0 Å². The quantitative estimate of drug-likeness (QED) is 0.205. The Morgan fingerprint density at radius 2 is 1.74 bits per heavy atom. The number of hydrogen-bond acceptors (Lipinski definition) is 10. The molecule has 0 radical (unpaired) electrons. The van der Waals surface area contributed by atoms with Crippen molar-refractivity contribution in [3.8, 4) is 11.1 Å². The third kappa shape index (κ3) is 5.81. The molecule has 38 heavy (non-hydrogen) atoms. The molecule has 0 saturated heterocycles. The monoisotopic (exact) mass is 576 g/mol. The van der Waals surface area contributed by atoms with Crippen molar-refractivity contribution in [3.63, 3.8) is 0 Å². The Bertz CT molecular complexity index is 1720. The average Bonchev–Trinajstić information content (AvgIpc) is 3.49. The van der Waals surface area contributed by atoms with Gasteiger partial charge in [0.05, 0.1) is 22.5 Å². The van der Waals surface area contributed by atoms with E-state index in [2.05, 4.69) is 24.9 Å². The van der Waals surface area contributed by atoms with Crippen LogP contribution in [0.15, 0.2) is 65.1 Å². The first-order valence-electron chi connectivity index (χ1n) is 10.8. The SMILES string of the molecule is O=S([O-])NCc1nnc(C(c2nc3ccc(-c4cc(F)nc(F)c4)cc3s2)S(=O)(=O)Cc2ccccc2)o1. The van der Waals surface area contributed by atoms with Crippen molar-refractivity contribution >= 4 is 42.7 Å². The molecule has 2 atom stereocenters. The fourth-order valence-corrected chi connectivity index (χ4v) is 7.13. The van der Waals surface area contributed by atoms with Crippen LogP contribution in [0, 0.1) is 11.9 Å². The highest BCUT2D eigenvalue weighted by atomic mass is 32.2. The molecule has 0 saturated carbocycles. The van der Waals surface area contributed by atoms with Gasteiger partial charge in [0.2, 0.25) is 23.7 Å². The van der Waals surface area contributed by atoms with Gasteiger partial charge < -0.3 is 8.97 Å². The lowest BCUT2D eigenvalue weighted by Crippen LogP contribution is -2.17. The molecule has 5 aromatic rings. The predicted octanol–water partition coefficient (Wildman–Crippen LogP) is 3.61. The molecule has 2 unspecified atom stereocenters. The largest absolute Gasteiger partial charge is 0.760 e. The minimum Gasteiger partial charge on any atom is -0.760 e. The number of nitrogens with one attached hydrogen (secondary N) is 1. The number of aromatic nitrogens is 4. The molecule has 10 nitrogen and oxygen atoms in total. The van der Waals surface area contributed by atoms with Gasteiger partial charge in [-0.1, -0.05) is 36.4 Å². The molecule has 3 aromatic heterocycles.